The molecular weight excluding hydrogens is 229 g/mol. The van der Waals surface area contributed by atoms with Crippen molar-refractivity contribution < 1.29 is 13.2 Å². The second-order valence-corrected chi connectivity index (χ2v) is 3.17. The Labute approximate surface area is 89.1 Å². The Morgan fingerprint density at radius 3 is 2.40 bits per heavy atom. The Kier molecular flexibility index (Phi) is 3.22. The molecule has 0 spiro atoms. The zero-order valence-corrected chi connectivity index (χ0v) is 8.15. The minimum Gasteiger partial charge on any atom is -0.326 e. The van der Waals surface area contributed by atoms with E-state index >= 15 is 0 Å². The number of alkyl halides is 3. The lowest BCUT2D eigenvalue weighted by Crippen LogP contribution is -2.11. The second-order valence-electron chi connectivity index (χ2n) is 2.76. The number of hydrogen-bond donors (Lipinski definition) is 1. The van der Waals surface area contributed by atoms with Crippen LogP contribution in [-0.4, -0.2) is 0 Å². The smallest absolute Gasteiger partial charge is 0.326 e. The van der Waals surface area contributed by atoms with E-state index in [0.717, 1.165) is 12.1 Å². The molecule has 1 aromatic carbocycles. The van der Waals surface area contributed by atoms with E-state index in [1.54, 1.807) is 0 Å². The summed E-state index contributed by atoms with van der Waals surface area (Å²) >= 11 is 5.63. The summed E-state index contributed by atoms with van der Waals surface area (Å²) in [5, 5.41) is 8.73. The van der Waals surface area contributed by atoms with Crippen molar-refractivity contribution in [2.24, 2.45) is 5.73 Å². The molecule has 6 heteroatoms. The molecule has 1 aromatic rings. The van der Waals surface area contributed by atoms with Crippen molar-refractivity contribution in [3.05, 3.63) is 33.8 Å². The van der Waals surface area contributed by atoms with Crippen molar-refractivity contribution in [2.45, 2.75) is 12.7 Å². The van der Waals surface area contributed by atoms with Crippen LogP contribution in [0.4, 0.5) is 13.2 Å². The first-order chi connectivity index (χ1) is 6.91. The highest BCUT2D eigenvalue weighted by Gasteiger charge is 2.34. The van der Waals surface area contributed by atoms with Gasteiger partial charge >= 0.3 is 6.18 Å². The van der Waals surface area contributed by atoms with Crippen molar-refractivity contribution in [3.8, 4) is 6.07 Å². The van der Waals surface area contributed by atoms with E-state index in [2.05, 4.69) is 0 Å². The normalized spacial score (nSPS) is 11.2. The molecule has 0 aromatic heterocycles. The van der Waals surface area contributed by atoms with E-state index in [4.69, 9.17) is 22.6 Å². The molecule has 0 heterocycles. The summed E-state index contributed by atoms with van der Waals surface area (Å²) in [6.45, 7) is -0.203. The molecule has 1 rings (SSSR count). The summed E-state index contributed by atoms with van der Waals surface area (Å²) in [4.78, 5) is 0. The fourth-order valence-corrected chi connectivity index (χ4v) is 1.42. The Morgan fingerprint density at radius 2 is 2.00 bits per heavy atom. The van der Waals surface area contributed by atoms with Crippen LogP contribution in [0.25, 0.3) is 0 Å². The van der Waals surface area contributed by atoms with E-state index in [9.17, 15) is 13.2 Å². The molecule has 2 nitrogen and oxygen atoms in total. The van der Waals surface area contributed by atoms with Crippen LogP contribution in [0.1, 0.15) is 16.7 Å². The van der Waals surface area contributed by atoms with Crippen LogP contribution in [0.5, 0.6) is 0 Å². The van der Waals surface area contributed by atoms with Crippen LogP contribution in [0.3, 0.4) is 0 Å². The molecule has 2 N–H and O–H groups in total. The van der Waals surface area contributed by atoms with Crippen LogP contribution in [-0.2, 0) is 12.7 Å². The van der Waals surface area contributed by atoms with Crippen molar-refractivity contribution in [1.29, 1.82) is 5.26 Å². The molecular formula is C9H6ClF3N2. The zero-order valence-electron chi connectivity index (χ0n) is 7.40. The lowest BCUT2D eigenvalue weighted by molar-refractivity contribution is -0.137. The lowest BCUT2D eigenvalue weighted by Gasteiger charge is -2.12. The molecule has 0 aliphatic heterocycles. The van der Waals surface area contributed by atoms with Crippen LogP contribution in [0.15, 0.2) is 12.1 Å². The van der Waals surface area contributed by atoms with Gasteiger partial charge in [-0.05, 0) is 12.1 Å². The van der Waals surface area contributed by atoms with Gasteiger partial charge in [0.1, 0.15) is 6.07 Å². The highest BCUT2D eigenvalue weighted by molar-refractivity contribution is 6.31. The first-order valence-corrected chi connectivity index (χ1v) is 4.28. The molecule has 0 unspecified atom stereocenters. The fraction of sp³-hybridized carbons (Fsp3) is 0.222. The van der Waals surface area contributed by atoms with E-state index in [-0.39, 0.29) is 17.1 Å². The van der Waals surface area contributed by atoms with Crippen molar-refractivity contribution in [2.75, 3.05) is 0 Å². The minimum absolute atomic E-state index is 0.0222. The summed E-state index contributed by atoms with van der Waals surface area (Å²) in [7, 11) is 0. The summed E-state index contributed by atoms with van der Waals surface area (Å²) < 4.78 is 37.3. The number of nitrogens with two attached hydrogens (primary N) is 1. The third-order valence-electron chi connectivity index (χ3n) is 1.88. The SMILES string of the molecule is N#Cc1c(C(F)(F)F)ccc(Cl)c1CN. The van der Waals surface area contributed by atoms with E-state index in [0.29, 0.717) is 0 Å². The summed E-state index contributed by atoms with van der Waals surface area (Å²) in [6.07, 6.45) is -4.57. The standard InChI is InChI=1S/C9H6ClF3N2/c10-8-2-1-7(9(11,12)13)5(3-14)6(8)4-15/h1-2H,4,15H2. The van der Waals surface area contributed by atoms with Gasteiger partial charge in [-0.2, -0.15) is 18.4 Å². The van der Waals surface area contributed by atoms with Crippen molar-refractivity contribution in [3.63, 3.8) is 0 Å². The number of halogens is 4. The van der Waals surface area contributed by atoms with Gasteiger partial charge in [0.25, 0.3) is 0 Å². The first kappa shape index (κ1) is 11.8. The molecule has 0 amide bonds. The predicted octanol–water partition coefficient (Wildman–Crippen LogP) is 2.69. The van der Waals surface area contributed by atoms with Crippen LogP contribution >= 0.6 is 11.6 Å². The Hall–Kier alpha value is -1.25. The Balaban J connectivity index is 3.51. The highest BCUT2D eigenvalue weighted by Crippen LogP contribution is 2.35. The predicted molar refractivity (Wildman–Crippen MR) is 49.1 cm³/mol. The van der Waals surface area contributed by atoms with Crippen molar-refractivity contribution >= 4 is 11.6 Å². The van der Waals surface area contributed by atoms with E-state index in [1.807, 2.05) is 0 Å². The molecule has 80 valence electrons. The van der Waals surface area contributed by atoms with Gasteiger partial charge in [0.2, 0.25) is 0 Å². The third-order valence-corrected chi connectivity index (χ3v) is 2.23. The van der Waals surface area contributed by atoms with E-state index < -0.39 is 17.3 Å². The first-order valence-electron chi connectivity index (χ1n) is 3.90. The Bertz CT molecular complexity index is 421. The van der Waals surface area contributed by atoms with Gasteiger partial charge in [0.05, 0.1) is 11.1 Å². The minimum atomic E-state index is -4.57. The monoisotopic (exact) mass is 234 g/mol. The van der Waals surface area contributed by atoms with Gasteiger partial charge in [0.15, 0.2) is 0 Å². The number of rotatable bonds is 1. The number of nitrogens with zero attached hydrogens (tertiary/aromatic N) is 1. The number of benzene rings is 1. The quantitative estimate of drug-likeness (QED) is 0.812. The maximum Gasteiger partial charge on any atom is 0.417 e. The molecule has 0 saturated carbocycles. The molecule has 0 bridgehead atoms. The largest absolute Gasteiger partial charge is 0.417 e. The molecule has 0 fully saturated rings. The number of hydrogen-bond acceptors (Lipinski definition) is 2. The summed E-state index contributed by atoms with van der Waals surface area (Å²) in [5.41, 5.74) is 3.75. The highest BCUT2D eigenvalue weighted by atomic mass is 35.5. The van der Waals surface area contributed by atoms with Gasteiger partial charge in [-0.3, -0.25) is 0 Å². The molecule has 0 atom stereocenters. The van der Waals surface area contributed by atoms with Crippen LogP contribution in [0, 0.1) is 11.3 Å². The van der Waals surface area contributed by atoms with Crippen LogP contribution < -0.4 is 5.73 Å². The molecule has 0 aliphatic rings. The van der Waals surface area contributed by atoms with Crippen molar-refractivity contribution in [1.82, 2.24) is 0 Å². The molecule has 15 heavy (non-hydrogen) atoms. The van der Waals surface area contributed by atoms with Gasteiger partial charge < -0.3 is 5.73 Å². The molecule has 0 saturated heterocycles. The third kappa shape index (κ3) is 2.22. The topological polar surface area (TPSA) is 49.8 Å². The molecule has 0 aliphatic carbocycles. The maximum absolute atomic E-state index is 12.4. The van der Waals surface area contributed by atoms with Crippen LogP contribution in [0.2, 0.25) is 5.02 Å². The Morgan fingerprint density at radius 1 is 1.40 bits per heavy atom. The lowest BCUT2D eigenvalue weighted by atomic mass is 10.0. The van der Waals surface area contributed by atoms with Gasteiger partial charge in [0, 0.05) is 17.1 Å². The van der Waals surface area contributed by atoms with Gasteiger partial charge in [-0.1, -0.05) is 11.6 Å². The zero-order chi connectivity index (χ0) is 11.6. The second kappa shape index (κ2) is 4.09. The number of nitriles is 1. The summed E-state index contributed by atoms with van der Waals surface area (Å²) in [5.74, 6) is 0. The average molecular weight is 235 g/mol. The van der Waals surface area contributed by atoms with Gasteiger partial charge in [-0.15, -0.1) is 0 Å². The molecule has 0 radical (unpaired) electrons. The average Bonchev–Trinajstić information content (AvgIpc) is 2.15. The summed E-state index contributed by atoms with van der Waals surface area (Å²) in [6, 6.07) is 3.35. The maximum atomic E-state index is 12.4. The van der Waals surface area contributed by atoms with E-state index in [1.165, 1.54) is 6.07 Å². The fourth-order valence-electron chi connectivity index (χ4n) is 1.19. The van der Waals surface area contributed by atoms with Gasteiger partial charge in [-0.25, -0.2) is 0 Å².